The molecule has 4 aromatic rings. The number of aromatic nitrogens is 4. The molecule has 4 heterocycles. The second-order valence-corrected chi connectivity index (χ2v) is 9.10. The van der Waals surface area contributed by atoms with Crippen molar-refractivity contribution in [2.45, 2.75) is 19.4 Å². The van der Waals surface area contributed by atoms with Crippen molar-refractivity contribution in [3.63, 3.8) is 0 Å². The Morgan fingerprint density at radius 1 is 1.00 bits per heavy atom. The number of hydrogen-bond donors (Lipinski definition) is 1. The molecule has 2 aliphatic rings. The molecule has 2 aromatic heterocycles. The highest BCUT2D eigenvalue weighted by Gasteiger charge is 2.26. The maximum absolute atomic E-state index is 12.8. The third-order valence-electron chi connectivity index (χ3n) is 6.44. The smallest absolute Gasteiger partial charge is 0.231 e. The number of carbonyl (C=O) groups is 1. The average molecular weight is 491 g/mol. The van der Waals surface area contributed by atoms with Gasteiger partial charge in [0.05, 0.1) is 0 Å². The first-order valence-electron chi connectivity index (χ1n) is 11.5. The van der Waals surface area contributed by atoms with Gasteiger partial charge in [-0.1, -0.05) is 17.7 Å². The largest absolute Gasteiger partial charge is 0.454 e. The highest BCUT2D eigenvalue weighted by molar-refractivity contribution is 6.30. The Morgan fingerprint density at radius 2 is 1.80 bits per heavy atom. The lowest BCUT2D eigenvalue weighted by Gasteiger charge is -2.32. The van der Waals surface area contributed by atoms with E-state index >= 15 is 0 Å². The van der Waals surface area contributed by atoms with Gasteiger partial charge in [-0.3, -0.25) is 4.79 Å². The van der Waals surface area contributed by atoms with Crippen LogP contribution in [0.3, 0.4) is 0 Å². The third kappa shape index (κ3) is 4.35. The summed E-state index contributed by atoms with van der Waals surface area (Å²) in [6, 6.07) is 17.1. The summed E-state index contributed by atoms with van der Waals surface area (Å²) >= 11 is 6.02. The number of ether oxygens (including phenoxy) is 2. The number of benzene rings is 2. The van der Waals surface area contributed by atoms with Crippen molar-refractivity contribution in [1.29, 1.82) is 0 Å². The number of piperidine rings is 1. The fourth-order valence-electron chi connectivity index (χ4n) is 4.48. The van der Waals surface area contributed by atoms with Gasteiger partial charge in [-0.2, -0.15) is 4.52 Å². The Balaban J connectivity index is 1.09. The molecule has 178 valence electrons. The molecule has 0 atom stereocenters. The monoisotopic (exact) mass is 490 g/mol. The summed E-state index contributed by atoms with van der Waals surface area (Å²) < 4.78 is 12.5. The minimum Gasteiger partial charge on any atom is -0.454 e. The lowest BCUT2D eigenvalue weighted by atomic mass is 9.96. The van der Waals surface area contributed by atoms with Crippen LogP contribution in [0, 0.1) is 5.92 Å². The van der Waals surface area contributed by atoms with Crippen molar-refractivity contribution in [3.8, 4) is 22.9 Å². The van der Waals surface area contributed by atoms with E-state index in [0.717, 1.165) is 54.4 Å². The molecular formula is C25H23ClN6O3. The first-order chi connectivity index (χ1) is 17.1. The van der Waals surface area contributed by atoms with E-state index in [1.54, 1.807) is 4.52 Å². The molecule has 1 amide bonds. The maximum atomic E-state index is 12.8. The summed E-state index contributed by atoms with van der Waals surface area (Å²) in [5.74, 6) is 3.02. The van der Waals surface area contributed by atoms with E-state index < -0.39 is 0 Å². The molecule has 0 spiro atoms. The molecule has 0 unspecified atom stereocenters. The van der Waals surface area contributed by atoms with Crippen LogP contribution in [0.4, 0.5) is 5.82 Å². The Morgan fingerprint density at radius 3 is 2.63 bits per heavy atom. The number of halogens is 1. The molecule has 1 fully saturated rings. The van der Waals surface area contributed by atoms with Gasteiger partial charge < -0.3 is 19.7 Å². The quantitative estimate of drug-likeness (QED) is 0.455. The van der Waals surface area contributed by atoms with Gasteiger partial charge in [-0.05, 0) is 66.9 Å². The van der Waals surface area contributed by atoms with Crippen molar-refractivity contribution < 1.29 is 14.3 Å². The van der Waals surface area contributed by atoms with Crippen molar-refractivity contribution in [1.82, 2.24) is 25.1 Å². The van der Waals surface area contributed by atoms with E-state index in [9.17, 15) is 4.79 Å². The summed E-state index contributed by atoms with van der Waals surface area (Å²) in [4.78, 5) is 15.0. The number of nitrogens with one attached hydrogen (secondary N) is 1. The molecule has 0 aliphatic carbocycles. The number of amides is 1. The molecule has 35 heavy (non-hydrogen) atoms. The van der Waals surface area contributed by atoms with E-state index in [2.05, 4.69) is 20.4 Å². The predicted octanol–water partition coefficient (Wildman–Crippen LogP) is 3.71. The highest BCUT2D eigenvalue weighted by atomic mass is 35.5. The van der Waals surface area contributed by atoms with E-state index in [0.29, 0.717) is 23.0 Å². The normalized spacial score (nSPS) is 15.5. The van der Waals surface area contributed by atoms with Crippen LogP contribution in [0.2, 0.25) is 5.02 Å². The molecule has 0 bridgehead atoms. The molecule has 0 saturated carbocycles. The zero-order valence-electron chi connectivity index (χ0n) is 18.9. The van der Waals surface area contributed by atoms with Gasteiger partial charge in [0.25, 0.3) is 0 Å². The zero-order chi connectivity index (χ0) is 23.8. The van der Waals surface area contributed by atoms with E-state index in [1.807, 2.05) is 54.6 Å². The van der Waals surface area contributed by atoms with E-state index in [1.165, 1.54) is 0 Å². The Kier molecular flexibility index (Phi) is 5.61. The number of fused-ring (bicyclic) bond motifs is 2. The molecule has 6 rings (SSSR count). The zero-order valence-corrected chi connectivity index (χ0v) is 19.6. The summed E-state index contributed by atoms with van der Waals surface area (Å²) in [7, 11) is 0. The van der Waals surface area contributed by atoms with Gasteiger partial charge >= 0.3 is 0 Å². The molecule has 2 aromatic carbocycles. The van der Waals surface area contributed by atoms with Crippen LogP contribution in [0.15, 0.2) is 54.6 Å². The number of nitrogens with zero attached hydrogens (tertiary/aromatic N) is 5. The van der Waals surface area contributed by atoms with Crippen molar-refractivity contribution in [3.05, 3.63) is 65.2 Å². The first-order valence-corrected chi connectivity index (χ1v) is 11.9. The number of rotatable bonds is 5. The number of carbonyl (C=O) groups excluding carboxylic acids is 1. The number of anilines is 1. The topological polar surface area (TPSA) is 93.9 Å². The van der Waals surface area contributed by atoms with Crippen molar-refractivity contribution >= 4 is 29.0 Å². The van der Waals surface area contributed by atoms with Gasteiger partial charge in [-0.15, -0.1) is 15.3 Å². The molecule has 9 nitrogen and oxygen atoms in total. The Labute approximate surface area is 206 Å². The van der Waals surface area contributed by atoms with Gasteiger partial charge in [-0.25, -0.2) is 0 Å². The minimum atomic E-state index is -0.0245. The van der Waals surface area contributed by atoms with Crippen LogP contribution in [-0.2, 0) is 11.3 Å². The van der Waals surface area contributed by atoms with Gasteiger partial charge in [0.1, 0.15) is 5.82 Å². The van der Waals surface area contributed by atoms with Crippen LogP contribution in [0.25, 0.3) is 17.0 Å². The molecule has 1 N–H and O–H groups in total. The molecule has 2 aliphatic heterocycles. The van der Waals surface area contributed by atoms with Crippen LogP contribution in [0.5, 0.6) is 11.5 Å². The summed E-state index contributed by atoms with van der Waals surface area (Å²) in [6.07, 6.45) is 1.53. The summed E-state index contributed by atoms with van der Waals surface area (Å²) in [5, 5.41) is 17.1. The average Bonchev–Trinajstić information content (AvgIpc) is 3.54. The molecular weight excluding hydrogens is 468 g/mol. The van der Waals surface area contributed by atoms with Crippen LogP contribution in [-0.4, -0.2) is 45.6 Å². The predicted molar refractivity (Wildman–Crippen MR) is 131 cm³/mol. The standard InChI is InChI=1S/C25H23ClN6O3/c26-19-4-2-17(3-5-19)24-29-28-22-7-8-23(30-32(22)24)31-11-9-18(10-12-31)25(33)27-14-16-1-6-20-21(13-16)35-15-34-20/h1-8,13,18H,9-12,14-15H2,(H,27,33). The number of hydrogen-bond acceptors (Lipinski definition) is 7. The van der Waals surface area contributed by atoms with Crippen molar-refractivity contribution in [2.75, 3.05) is 24.8 Å². The van der Waals surface area contributed by atoms with Crippen molar-refractivity contribution in [2.24, 2.45) is 5.92 Å². The second kappa shape index (κ2) is 9.07. The first kappa shape index (κ1) is 21.7. The minimum absolute atomic E-state index is 0.0245. The van der Waals surface area contributed by atoms with E-state index in [-0.39, 0.29) is 18.6 Å². The van der Waals surface area contributed by atoms with Gasteiger partial charge in [0, 0.05) is 36.1 Å². The molecule has 1 saturated heterocycles. The molecule has 0 radical (unpaired) electrons. The van der Waals surface area contributed by atoms with Crippen LogP contribution in [0.1, 0.15) is 18.4 Å². The van der Waals surface area contributed by atoms with Crippen LogP contribution < -0.4 is 19.7 Å². The van der Waals surface area contributed by atoms with Gasteiger partial charge in [0.15, 0.2) is 23.0 Å². The Bertz CT molecular complexity index is 1380. The van der Waals surface area contributed by atoms with E-state index in [4.69, 9.17) is 26.2 Å². The second-order valence-electron chi connectivity index (χ2n) is 8.66. The Hall–Kier alpha value is -3.85. The lowest BCUT2D eigenvalue weighted by Crippen LogP contribution is -2.40. The summed E-state index contributed by atoms with van der Waals surface area (Å²) in [5.41, 5.74) is 2.56. The highest BCUT2D eigenvalue weighted by Crippen LogP contribution is 2.32. The fraction of sp³-hybridized carbons (Fsp3) is 0.280. The summed E-state index contributed by atoms with van der Waals surface area (Å²) in [6.45, 7) is 2.21. The third-order valence-corrected chi connectivity index (χ3v) is 6.70. The fourth-order valence-corrected chi connectivity index (χ4v) is 4.61. The van der Waals surface area contributed by atoms with Crippen LogP contribution >= 0.6 is 11.6 Å². The maximum Gasteiger partial charge on any atom is 0.231 e. The molecule has 10 heteroatoms. The van der Waals surface area contributed by atoms with Gasteiger partial charge in [0.2, 0.25) is 12.7 Å². The SMILES string of the molecule is O=C(NCc1ccc2c(c1)OCO2)C1CCN(c2ccc3nnc(-c4ccc(Cl)cc4)n3n2)CC1. The lowest BCUT2D eigenvalue weighted by molar-refractivity contribution is -0.125.